The molecule has 0 amide bonds. The topological polar surface area (TPSA) is 63.6 Å². The number of Topliss-reactive ketones (excluding diaryl/α,β-unsaturated/α-hetero) is 2. The number of aromatic hydroxyl groups is 1. The van der Waals surface area contributed by atoms with E-state index in [4.69, 9.17) is 4.74 Å². The fraction of sp³-hybridized carbons (Fsp3) is 0.0667. The number of methoxy groups -OCH3 is 1. The van der Waals surface area contributed by atoms with Crippen LogP contribution in [0.25, 0.3) is 0 Å². The van der Waals surface area contributed by atoms with Crippen LogP contribution in [0.3, 0.4) is 0 Å². The number of carbonyl (C=O) groups excluding carboxylic acids is 2. The molecule has 4 nitrogen and oxygen atoms in total. The van der Waals surface area contributed by atoms with Gasteiger partial charge in [-0.1, -0.05) is 30.3 Å². The molecule has 0 radical (unpaired) electrons. The maximum atomic E-state index is 12.1. The van der Waals surface area contributed by atoms with Crippen LogP contribution in [0.2, 0.25) is 0 Å². The molecule has 0 heterocycles. The molecular formula is C15H12O4. The van der Waals surface area contributed by atoms with E-state index in [1.807, 2.05) is 0 Å². The molecule has 0 aliphatic rings. The van der Waals surface area contributed by atoms with Crippen molar-refractivity contribution in [2.45, 2.75) is 0 Å². The number of ether oxygens (including phenoxy) is 1. The van der Waals surface area contributed by atoms with E-state index in [1.54, 1.807) is 30.3 Å². The highest BCUT2D eigenvalue weighted by Crippen LogP contribution is 2.24. The lowest BCUT2D eigenvalue weighted by atomic mass is 10.0. The van der Waals surface area contributed by atoms with Crippen molar-refractivity contribution in [2.24, 2.45) is 0 Å². The third-order valence-corrected chi connectivity index (χ3v) is 2.69. The first-order valence-corrected chi connectivity index (χ1v) is 5.64. The van der Waals surface area contributed by atoms with Crippen LogP contribution in [0, 0.1) is 0 Å². The van der Waals surface area contributed by atoms with Crippen LogP contribution in [-0.2, 0) is 0 Å². The molecule has 0 spiro atoms. The predicted molar refractivity (Wildman–Crippen MR) is 69.8 cm³/mol. The normalized spacial score (nSPS) is 9.95. The molecule has 0 aliphatic heterocycles. The summed E-state index contributed by atoms with van der Waals surface area (Å²) < 4.78 is 4.97. The molecule has 4 heteroatoms. The third-order valence-electron chi connectivity index (χ3n) is 2.69. The summed E-state index contributed by atoms with van der Waals surface area (Å²) in [5.41, 5.74) is 0.225. The van der Waals surface area contributed by atoms with Crippen molar-refractivity contribution in [3.63, 3.8) is 0 Å². The van der Waals surface area contributed by atoms with Gasteiger partial charge in [-0.2, -0.15) is 0 Å². The van der Waals surface area contributed by atoms with Gasteiger partial charge in [0, 0.05) is 5.56 Å². The van der Waals surface area contributed by atoms with E-state index in [9.17, 15) is 14.7 Å². The minimum atomic E-state index is -0.761. The van der Waals surface area contributed by atoms with Crippen LogP contribution in [0.4, 0.5) is 0 Å². The Balaban J connectivity index is 2.37. The highest BCUT2D eigenvalue weighted by molar-refractivity contribution is 6.49. The van der Waals surface area contributed by atoms with Crippen LogP contribution in [0.1, 0.15) is 20.7 Å². The van der Waals surface area contributed by atoms with E-state index in [1.165, 1.54) is 25.3 Å². The zero-order valence-electron chi connectivity index (χ0n) is 10.3. The van der Waals surface area contributed by atoms with E-state index in [-0.39, 0.29) is 16.9 Å². The van der Waals surface area contributed by atoms with Gasteiger partial charge in [-0.05, 0) is 18.2 Å². The zero-order valence-corrected chi connectivity index (χ0v) is 10.3. The van der Waals surface area contributed by atoms with Gasteiger partial charge in [-0.15, -0.1) is 0 Å². The molecule has 2 aromatic carbocycles. The molecule has 0 aliphatic carbocycles. The van der Waals surface area contributed by atoms with Crippen molar-refractivity contribution in [3.05, 3.63) is 59.7 Å². The van der Waals surface area contributed by atoms with Crippen molar-refractivity contribution < 1.29 is 19.4 Å². The van der Waals surface area contributed by atoms with Crippen molar-refractivity contribution in [3.8, 4) is 11.5 Å². The summed E-state index contributed by atoms with van der Waals surface area (Å²) in [6.45, 7) is 0. The Morgan fingerprint density at radius 3 is 2.32 bits per heavy atom. The Morgan fingerprint density at radius 1 is 1.00 bits per heavy atom. The molecular weight excluding hydrogens is 244 g/mol. The number of hydrogen-bond donors (Lipinski definition) is 1. The highest BCUT2D eigenvalue weighted by atomic mass is 16.5. The van der Waals surface area contributed by atoms with Gasteiger partial charge in [0.25, 0.3) is 0 Å². The summed E-state index contributed by atoms with van der Waals surface area (Å²) in [5, 5.41) is 9.67. The van der Waals surface area contributed by atoms with Crippen molar-refractivity contribution in [2.75, 3.05) is 7.11 Å². The summed E-state index contributed by atoms with van der Waals surface area (Å²) in [6.07, 6.45) is 0. The number of rotatable bonds is 4. The zero-order chi connectivity index (χ0) is 13.8. The second-order valence-electron chi connectivity index (χ2n) is 3.91. The molecule has 0 aromatic heterocycles. The monoisotopic (exact) mass is 256 g/mol. The molecule has 0 saturated heterocycles. The van der Waals surface area contributed by atoms with Crippen LogP contribution < -0.4 is 4.74 Å². The lowest BCUT2D eigenvalue weighted by molar-refractivity contribution is 0.0815. The Kier molecular flexibility index (Phi) is 3.61. The lowest BCUT2D eigenvalue weighted by Crippen LogP contribution is -2.14. The molecule has 0 fully saturated rings. The number of phenols is 1. The van der Waals surface area contributed by atoms with Gasteiger partial charge in [0.15, 0.2) is 0 Å². The maximum Gasteiger partial charge on any atom is 0.237 e. The van der Waals surface area contributed by atoms with Crippen LogP contribution >= 0.6 is 0 Å². The molecule has 1 N–H and O–H groups in total. The van der Waals surface area contributed by atoms with E-state index < -0.39 is 11.6 Å². The van der Waals surface area contributed by atoms with Crippen LogP contribution in [0.5, 0.6) is 11.5 Å². The largest absolute Gasteiger partial charge is 0.507 e. The fourth-order valence-corrected chi connectivity index (χ4v) is 1.67. The molecule has 0 atom stereocenters. The van der Waals surface area contributed by atoms with Crippen molar-refractivity contribution in [1.29, 1.82) is 0 Å². The molecule has 0 saturated carbocycles. The van der Waals surface area contributed by atoms with Gasteiger partial charge in [-0.25, -0.2) is 0 Å². The average Bonchev–Trinajstić information content (AvgIpc) is 2.47. The van der Waals surface area contributed by atoms with Crippen molar-refractivity contribution >= 4 is 11.6 Å². The van der Waals surface area contributed by atoms with Crippen molar-refractivity contribution in [1.82, 2.24) is 0 Å². The smallest absolute Gasteiger partial charge is 0.237 e. The first-order valence-electron chi connectivity index (χ1n) is 5.64. The minimum Gasteiger partial charge on any atom is -0.507 e. The quantitative estimate of drug-likeness (QED) is 0.674. The lowest BCUT2D eigenvalue weighted by Gasteiger charge is -2.06. The SMILES string of the molecule is COc1ccc(O)c(C(=O)C(=O)c2ccccc2)c1. The summed E-state index contributed by atoms with van der Waals surface area (Å²) in [6, 6.07) is 12.4. The van der Waals surface area contributed by atoms with Gasteiger partial charge in [0.05, 0.1) is 12.7 Å². The van der Waals surface area contributed by atoms with Gasteiger partial charge in [0.1, 0.15) is 11.5 Å². The Morgan fingerprint density at radius 2 is 1.68 bits per heavy atom. The van der Waals surface area contributed by atoms with Gasteiger partial charge < -0.3 is 9.84 Å². The summed E-state index contributed by atoms with van der Waals surface area (Å²) in [5.74, 6) is -1.26. The standard InChI is InChI=1S/C15H12O4/c1-19-11-7-8-13(16)12(9-11)15(18)14(17)10-5-3-2-4-6-10/h2-9,16H,1H3. The van der Waals surface area contributed by atoms with E-state index in [0.29, 0.717) is 5.75 Å². The second-order valence-corrected chi connectivity index (χ2v) is 3.91. The predicted octanol–water partition coefficient (Wildman–Crippen LogP) is 2.47. The Hall–Kier alpha value is -2.62. The van der Waals surface area contributed by atoms with Gasteiger partial charge in [-0.3, -0.25) is 9.59 Å². The number of hydrogen-bond acceptors (Lipinski definition) is 4. The fourth-order valence-electron chi connectivity index (χ4n) is 1.67. The molecule has 96 valence electrons. The molecule has 19 heavy (non-hydrogen) atoms. The molecule has 2 aromatic rings. The third kappa shape index (κ3) is 2.63. The van der Waals surface area contributed by atoms with E-state index in [2.05, 4.69) is 0 Å². The minimum absolute atomic E-state index is 0.0618. The molecule has 2 rings (SSSR count). The van der Waals surface area contributed by atoms with Crippen LogP contribution in [-0.4, -0.2) is 23.8 Å². The number of ketones is 2. The number of phenolic OH excluding ortho intramolecular Hbond substituents is 1. The highest BCUT2D eigenvalue weighted by Gasteiger charge is 2.21. The van der Waals surface area contributed by atoms with E-state index >= 15 is 0 Å². The summed E-state index contributed by atoms with van der Waals surface area (Å²) in [4.78, 5) is 24.1. The number of carbonyl (C=O) groups is 2. The molecule has 0 unspecified atom stereocenters. The first kappa shape index (κ1) is 12.8. The van der Waals surface area contributed by atoms with Gasteiger partial charge in [0.2, 0.25) is 11.6 Å². The number of benzene rings is 2. The average molecular weight is 256 g/mol. The van der Waals surface area contributed by atoms with Crippen LogP contribution in [0.15, 0.2) is 48.5 Å². The van der Waals surface area contributed by atoms with Gasteiger partial charge >= 0.3 is 0 Å². The van der Waals surface area contributed by atoms with E-state index in [0.717, 1.165) is 0 Å². The second kappa shape index (κ2) is 5.35. The Labute approximate surface area is 110 Å². The maximum absolute atomic E-state index is 12.1. The Bertz CT molecular complexity index is 617. The summed E-state index contributed by atoms with van der Waals surface area (Å²) >= 11 is 0. The first-order chi connectivity index (χ1) is 9.13. The molecule has 0 bridgehead atoms. The summed E-state index contributed by atoms with van der Waals surface area (Å²) in [7, 11) is 1.44.